The Kier molecular flexibility index (Phi) is 5.01. The van der Waals surface area contributed by atoms with E-state index in [9.17, 15) is 0 Å². The lowest BCUT2D eigenvalue weighted by atomic mass is 10.2. The van der Waals surface area contributed by atoms with E-state index in [-0.39, 0.29) is 6.10 Å². The van der Waals surface area contributed by atoms with Gasteiger partial charge in [-0.05, 0) is 13.3 Å². The van der Waals surface area contributed by atoms with Crippen LogP contribution in [-0.2, 0) is 4.84 Å². The molecule has 1 atom stereocenters. The lowest BCUT2D eigenvalue weighted by Crippen LogP contribution is -2.04. The molecule has 0 heterocycles. The van der Waals surface area contributed by atoms with Crippen molar-refractivity contribution in [3.05, 3.63) is 0 Å². The molecular formula is C6H14NO. The van der Waals surface area contributed by atoms with Crippen LogP contribution in [0.5, 0.6) is 0 Å². The Labute approximate surface area is 51.0 Å². The number of rotatable bonds is 4. The molecule has 0 rings (SSSR count). The van der Waals surface area contributed by atoms with E-state index in [1.165, 1.54) is 12.8 Å². The van der Waals surface area contributed by atoms with Crippen LogP contribution in [0.4, 0.5) is 0 Å². The lowest BCUT2D eigenvalue weighted by molar-refractivity contribution is 0.0429. The highest BCUT2D eigenvalue weighted by atomic mass is 16.6. The van der Waals surface area contributed by atoms with Crippen LogP contribution in [-0.4, -0.2) is 6.10 Å². The van der Waals surface area contributed by atoms with E-state index >= 15 is 0 Å². The Bertz CT molecular complexity index is 47.8. The topological polar surface area (TPSA) is 33.0 Å². The second kappa shape index (κ2) is 5.06. The van der Waals surface area contributed by atoms with E-state index < -0.39 is 0 Å². The minimum Gasteiger partial charge on any atom is -0.282 e. The van der Waals surface area contributed by atoms with Gasteiger partial charge < -0.3 is 0 Å². The molecule has 1 unspecified atom stereocenters. The summed E-state index contributed by atoms with van der Waals surface area (Å²) in [5, 5.41) is 0. The zero-order chi connectivity index (χ0) is 6.41. The van der Waals surface area contributed by atoms with Crippen molar-refractivity contribution in [1.82, 2.24) is 5.90 Å². The molecule has 0 bridgehead atoms. The van der Waals surface area contributed by atoms with Crippen LogP contribution in [0.25, 0.3) is 0 Å². The van der Waals surface area contributed by atoms with Gasteiger partial charge in [-0.15, -0.1) is 5.90 Å². The van der Waals surface area contributed by atoms with Gasteiger partial charge in [-0.25, -0.2) is 0 Å². The van der Waals surface area contributed by atoms with Crippen molar-refractivity contribution in [1.29, 1.82) is 0 Å². The minimum absolute atomic E-state index is 0.120. The van der Waals surface area contributed by atoms with Crippen molar-refractivity contribution in [3.63, 3.8) is 0 Å². The standard InChI is InChI=1S/C6H14NO/c1-3-4-5-6(2)8-7/h6-7H,3-5H2,1-2H3. The Morgan fingerprint density at radius 3 is 2.62 bits per heavy atom. The van der Waals surface area contributed by atoms with Gasteiger partial charge in [-0.3, -0.25) is 4.84 Å². The molecule has 49 valence electrons. The maximum atomic E-state index is 6.49. The quantitative estimate of drug-likeness (QED) is 0.515. The van der Waals surface area contributed by atoms with Gasteiger partial charge in [0.1, 0.15) is 0 Å². The van der Waals surface area contributed by atoms with Crippen molar-refractivity contribution >= 4 is 0 Å². The third-order valence-corrected chi connectivity index (χ3v) is 1.17. The number of nitrogens with one attached hydrogen (secondary N) is 1. The van der Waals surface area contributed by atoms with Crippen molar-refractivity contribution in [2.75, 3.05) is 0 Å². The summed E-state index contributed by atoms with van der Waals surface area (Å²) < 4.78 is 0. The van der Waals surface area contributed by atoms with Gasteiger partial charge in [0, 0.05) is 0 Å². The normalized spacial score (nSPS) is 13.9. The number of unbranched alkanes of at least 4 members (excludes halogenated alkanes) is 1. The van der Waals surface area contributed by atoms with Crippen LogP contribution in [0.2, 0.25) is 0 Å². The molecule has 1 N–H and O–H groups in total. The maximum absolute atomic E-state index is 6.49. The highest BCUT2D eigenvalue weighted by Gasteiger charge is 1.96. The second-order valence-corrected chi connectivity index (χ2v) is 2.07. The van der Waals surface area contributed by atoms with Crippen molar-refractivity contribution in [2.45, 2.75) is 39.2 Å². The predicted molar refractivity (Wildman–Crippen MR) is 33.2 cm³/mol. The molecule has 8 heavy (non-hydrogen) atoms. The molecule has 0 amide bonds. The molecule has 0 fully saturated rings. The highest BCUT2D eigenvalue weighted by molar-refractivity contribution is 4.46. The average Bonchev–Trinajstić information content (AvgIpc) is 1.83. The van der Waals surface area contributed by atoms with Crippen LogP contribution in [0.15, 0.2) is 0 Å². The Morgan fingerprint density at radius 1 is 1.62 bits per heavy atom. The first-order chi connectivity index (χ1) is 3.81. The lowest BCUT2D eigenvalue weighted by Gasteiger charge is -2.03. The molecule has 0 aliphatic rings. The molecular weight excluding hydrogens is 102 g/mol. The maximum Gasteiger partial charge on any atom is 0.0779 e. The van der Waals surface area contributed by atoms with Gasteiger partial charge in [-0.2, -0.15) is 0 Å². The SMILES string of the molecule is CCCCC(C)O[NH]. The molecule has 1 radical (unpaired) electrons. The summed E-state index contributed by atoms with van der Waals surface area (Å²) in [6.45, 7) is 4.05. The molecule has 2 heteroatoms. The molecule has 2 nitrogen and oxygen atoms in total. The smallest absolute Gasteiger partial charge is 0.0779 e. The van der Waals surface area contributed by atoms with E-state index in [0.717, 1.165) is 6.42 Å². The monoisotopic (exact) mass is 116 g/mol. The van der Waals surface area contributed by atoms with Crippen molar-refractivity contribution in [3.8, 4) is 0 Å². The number of hydrogen-bond acceptors (Lipinski definition) is 1. The molecule has 0 aromatic carbocycles. The molecule has 0 saturated heterocycles. The molecule has 0 aliphatic carbocycles. The van der Waals surface area contributed by atoms with Gasteiger partial charge in [0.25, 0.3) is 0 Å². The van der Waals surface area contributed by atoms with E-state index in [1.807, 2.05) is 6.92 Å². The fourth-order valence-corrected chi connectivity index (χ4v) is 0.551. The first kappa shape index (κ1) is 7.92. The largest absolute Gasteiger partial charge is 0.282 e. The minimum atomic E-state index is 0.120. The van der Waals surface area contributed by atoms with Gasteiger partial charge in [-0.1, -0.05) is 19.8 Å². The predicted octanol–water partition coefficient (Wildman–Crippen LogP) is 1.78. The zero-order valence-electron chi connectivity index (χ0n) is 5.61. The summed E-state index contributed by atoms with van der Waals surface area (Å²) in [5.74, 6) is 6.49. The third-order valence-electron chi connectivity index (χ3n) is 1.17. The van der Waals surface area contributed by atoms with Crippen molar-refractivity contribution in [2.24, 2.45) is 0 Å². The van der Waals surface area contributed by atoms with Gasteiger partial charge >= 0.3 is 0 Å². The van der Waals surface area contributed by atoms with E-state index in [2.05, 4.69) is 11.8 Å². The summed E-state index contributed by atoms with van der Waals surface area (Å²) in [4.78, 5) is 4.30. The average molecular weight is 116 g/mol. The Hall–Kier alpha value is -0.0800. The fraction of sp³-hybridized carbons (Fsp3) is 1.00. The fourth-order valence-electron chi connectivity index (χ4n) is 0.551. The zero-order valence-corrected chi connectivity index (χ0v) is 5.61. The summed E-state index contributed by atoms with van der Waals surface area (Å²) in [7, 11) is 0. The second-order valence-electron chi connectivity index (χ2n) is 2.07. The van der Waals surface area contributed by atoms with Crippen LogP contribution in [0.1, 0.15) is 33.1 Å². The molecule has 0 aromatic heterocycles. The summed E-state index contributed by atoms with van der Waals surface area (Å²) in [5.41, 5.74) is 0. The third kappa shape index (κ3) is 4.09. The molecule has 0 spiro atoms. The molecule has 0 aromatic rings. The van der Waals surface area contributed by atoms with E-state index in [0.29, 0.717) is 0 Å². The number of hydrogen-bond donors (Lipinski definition) is 0. The van der Waals surface area contributed by atoms with Gasteiger partial charge in [0.2, 0.25) is 0 Å². The van der Waals surface area contributed by atoms with E-state index in [4.69, 9.17) is 5.90 Å². The first-order valence-corrected chi connectivity index (χ1v) is 3.13. The van der Waals surface area contributed by atoms with Gasteiger partial charge in [0.05, 0.1) is 6.10 Å². The Balaban J connectivity index is 2.86. The summed E-state index contributed by atoms with van der Waals surface area (Å²) in [6, 6.07) is 0. The molecule has 0 aliphatic heterocycles. The Morgan fingerprint density at radius 2 is 2.25 bits per heavy atom. The molecule has 0 saturated carbocycles. The van der Waals surface area contributed by atoms with Crippen molar-refractivity contribution < 1.29 is 4.84 Å². The highest BCUT2D eigenvalue weighted by Crippen LogP contribution is 2.00. The van der Waals surface area contributed by atoms with Crippen LogP contribution in [0, 0.1) is 0 Å². The van der Waals surface area contributed by atoms with Crippen LogP contribution >= 0.6 is 0 Å². The van der Waals surface area contributed by atoms with E-state index in [1.54, 1.807) is 0 Å². The van der Waals surface area contributed by atoms with Gasteiger partial charge in [0.15, 0.2) is 0 Å². The first-order valence-electron chi connectivity index (χ1n) is 3.13. The van der Waals surface area contributed by atoms with Crippen LogP contribution < -0.4 is 5.90 Å². The summed E-state index contributed by atoms with van der Waals surface area (Å²) >= 11 is 0. The van der Waals surface area contributed by atoms with Crippen LogP contribution in [0.3, 0.4) is 0 Å². The summed E-state index contributed by atoms with van der Waals surface area (Å²) in [6.07, 6.45) is 3.49.